The third-order valence-electron chi connectivity index (χ3n) is 3.45. The fourth-order valence-corrected chi connectivity index (χ4v) is 2.45. The van der Waals surface area contributed by atoms with Gasteiger partial charge in [-0.1, -0.05) is 18.2 Å². The Morgan fingerprint density at radius 3 is 2.54 bits per heavy atom. The van der Waals surface area contributed by atoms with Gasteiger partial charge in [0, 0.05) is 30.9 Å². The van der Waals surface area contributed by atoms with Crippen molar-refractivity contribution in [1.29, 1.82) is 0 Å². The van der Waals surface area contributed by atoms with Crippen LogP contribution in [0.15, 0.2) is 54.9 Å². The number of alkyl halides is 3. The maximum absolute atomic E-state index is 12.2. The molecule has 2 heterocycles. The van der Waals surface area contributed by atoms with Crippen molar-refractivity contribution >= 4 is 11.4 Å². The molecule has 0 amide bonds. The van der Waals surface area contributed by atoms with Gasteiger partial charge in [-0.2, -0.15) is 0 Å². The van der Waals surface area contributed by atoms with Crippen molar-refractivity contribution < 1.29 is 22.7 Å². The van der Waals surface area contributed by atoms with Crippen molar-refractivity contribution in [3.63, 3.8) is 0 Å². The van der Waals surface area contributed by atoms with Crippen LogP contribution in [0, 0.1) is 0 Å². The smallest absolute Gasteiger partial charge is 0.406 e. The molecule has 0 fully saturated rings. The highest BCUT2D eigenvalue weighted by Gasteiger charge is 2.30. The van der Waals surface area contributed by atoms with Crippen LogP contribution in [0.1, 0.15) is 11.3 Å². The average Bonchev–Trinajstić information content (AvgIpc) is 2.97. The monoisotopic (exact) mass is 334 g/mol. The van der Waals surface area contributed by atoms with Gasteiger partial charge in [-0.3, -0.25) is 4.79 Å². The van der Waals surface area contributed by atoms with Gasteiger partial charge in [0.25, 0.3) is 0 Å². The number of Topliss-reactive ketones (excluding diaryl/α,β-unsaturated/α-hetero) is 1. The van der Waals surface area contributed by atoms with E-state index < -0.39 is 6.36 Å². The summed E-state index contributed by atoms with van der Waals surface area (Å²) in [6.07, 6.45) is -0.934. The summed E-state index contributed by atoms with van der Waals surface area (Å²) < 4.78 is 42.0. The highest BCUT2D eigenvalue weighted by atomic mass is 19.4. The van der Waals surface area contributed by atoms with E-state index in [4.69, 9.17) is 0 Å². The number of carbonyl (C=O) groups excluding carboxylic acids is 1. The van der Waals surface area contributed by atoms with Crippen LogP contribution >= 0.6 is 0 Å². The van der Waals surface area contributed by atoms with E-state index in [0.717, 1.165) is 11.3 Å². The first-order chi connectivity index (χ1) is 11.4. The standard InChI is InChI=1S/C17H13F3N2O2/c18-17(19,20)24-15-6-4-12(5-7-15)10-14(23)11-13-2-1-3-16-21-8-9-22(13)16/h1-9H,10-11H2. The molecule has 0 aliphatic carbocycles. The van der Waals surface area contributed by atoms with Crippen LogP contribution in [-0.4, -0.2) is 21.5 Å². The molecule has 0 unspecified atom stereocenters. The molecule has 24 heavy (non-hydrogen) atoms. The van der Waals surface area contributed by atoms with Crippen molar-refractivity contribution in [3.8, 4) is 5.75 Å². The third-order valence-corrected chi connectivity index (χ3v) is 3.45. The van der Waals surface area contributed by atoms with Gasteiger partial charge in [0.15, 0.2) is 0 Å². The Morgan fingerprint density at radius 2 is 1.83 bits per heavy atom. The summed E-state index contributed by atoms with van der Waals surface area (Å²) >= 11 is 0. The Morgan fingerprint density at radius 1 is 1.08 bits per heavy atom. The second kappa shape index (κ2) is 6.35. The SMILES string of the molecule is O=C(Cc1ccc(OC(F)(F)F)cc1)Cc1cccc2nccn12. The van der Waals surface area contributed by atoms with Crippen molar-refractivity contribution in [3.05, 3.63) is 66.1 Å². The Balaban J connectivity index is 1.66. The van der Waals surface area contributed by atoms with Crippen molar-refractivity contribution in [1.82, 2.24) is 9.38 Å². The van der Waals surface area contributed by atoms with Gasteiger partial charge in [-0.25, -0.2) is 4.98 Å². The molecule has 0 spiro atoms. The van der Waals surface area contributed by atoms with Crippen molar-refractivity contribution in [2.24, 2.45) is 0 Å². The van der Waals surface area contributed by atoms with Crippen LogP contribution in [0.4, 0.5) is 13.2 Å². The number of carbonyl (C=O) groups is 1. The highest BCUT2D eigenvalue weighted by molar-refractivity contribution is 5.83. The van der Waals surface area contributed by atoms with Gasteiger partial charge in [-0.05, 0) is 29.8 Å². The van der Waals surface area contributed by atoms with Crippen molar-refractivity contribution in [2.45, 2.75) is 19.2 Å². The minimum Gasteiger partial charge on any atom is -0.406 e. The van der Waals surface area contributed by atoms with Crippen LogP contribution in [0.3, 0.4) is 0 Å². The number of halogens is 3. The predicted molar refractivity (Wildman–Crippen MR) is 80.7 cm³/mol. The maximum atomic E-state index is 12.2. The first-order valence-corrected chi connectivity index (χ1v) is 7.18. The molecule has 2 aromatic heterocycles. The summed E-state index contributed by atoms with van der Waals surface area (Å²) in [7, 11) is 0. The number of benzene rings is 1. The normalized spacial score (nSPS) is 11.6. The first kappa shape index (κ1) is 16.0. The number of hydrogen-bond acceptors (Lipinski definition) is 3. The first-order valence-electron chi connectivity index (χ1n) is 7.18. The van der Waals surface area contributed by atoms with Crippen LogP contribution in [0.5, 0.6) is 5.75 Å². The van der Waals surface area contributed by atoms with Crippen LogP contribution in [0.25, 0.3) is 5.65 Å². The lowest BCUT2D eigenvalue weighted by Crippen LogP contribution is -2.17. The second-order valence-electron chi connectivity index (χ2n) is 5.26. The zero-order valence-corrected chi connectivity index (χ0v) is 12.5. The molecule has 0 bridgehead atoms. The number of hydrogen-bond donors (Lipinski definition) is 0. The molecule has 124 valence electrons. The molecule has 1 aromatic carbocycles. The Labute approximate surface area is 135 Å². The largest absolute Gasteiger partial charge is 0.573 e. The maximum Gasteiger partial charge on any atom is 0.573 e. The fourth-order valence-electron chi connectivity index (χ4n) is 2.45. The lowest BCUT2D eigenvalue weighted by atomic mass is 10.1. The lowest BCUT2D eigenvalue weighted by Gasteiger charge is -2.09. The van der Waals surface area contributed by atoms with E-state index in [-0.39, 0.29) is 24.4 Å². The Hall–Kier alpha value is -2.83. The molecule has 0 radical (unpaired) electrons. The molecule has 3 aromatic rings. The molecule has 0 saturated carbocycles. The van der Waals surface area contributed by atoms with Crippen LogP contribution < -0.4 is 4.74 Å². The number of aromatic nitrogens is 2. The van der Waals surface area contributed by atoms with E-state index in [1.165, 1.54) is 24.3 Å². The summed E-state index contributed by atoms with van der Waals surface area (Å²) in [5.41, 5.74) is 2.20. The minimum absolute atomic E-state index is 0.0410. The van der Waals surface area contributed by atoms with E-state index >= 15 is 0 Å². The number of fused-ring (bicyclic) bond motifs is 1. The van der Waals surface area contributed by atoms with Gasteiger partial charge in [0.2, 0.25) is 0 Å². The molecular weight excluding hydrogens is 321 g/mol. The van der Waals surface area contributed by atoms with Gasteiger partial charge in [0.05, 0.1) is 0 Å². The Kier molecular flexibility index (Phi) is 4.24. The van der Waals surface area contributed by atoms with Crippen molar-refractivity contribution in [2.75, 3.05) is 0 Å². The molecule has 7 heteroatoms. The predicted octanol–water partition coefficient (Wildman–Crippen LogP) is 3.59. The van der Waals surface area contributed by atoms with Gasteiger partial charge in [-0.15, -0.1) is 13.2 Å². The molecular formula is C17H13F3N2O2. The zero-order valence-electron chi connectivity index (χ0n) is 12.5. The van der Waals surface area contributed by atoms with Crippen LogP contribution in [0.2, 0.25) is 0 Å². The molecule has 4 nitrogen and oxygen atoms in total. The molecule has 0 N–H and O–H groups in total. The summed E-state index contributed by atoms with van der Waals surface area (Å²) in [6.45, 7) is 0. The van der Waals surface area contributed by atoms with E-state index in [1.54, 1.807) is 12.4 Å². The van der Waals surface area contributed by atoms with Crippen LogP contribution in [-0.2, 0) is 17.6 Å². The van der Waals surface area contributed by atoms with E-state index in [2.05, 4.69) is 9.72 Å². The number of pyridine rings is 1. The van der Waals surface area contributed by atoms with E-state index in [0.29, 0.717) is 5.56 Å². The fraction of sp³-hybridized carbons (Fsp3) is 0.176. The average molecular weight is 334 g/mol. The van der Waals surface area contributed by atoms with Gasteiger partial charge >= 0.3 is 6.36 Å². The summed E-state index contributed by atoms with van der Waals surface area (Å²) in [6, 6.07) is 10.8. The summed E-state index contributed by atoms with van der Waals surface area (Å²) in [5, 5.41) is 0. The number of ether oxygens (including phenoxy) is 1. The molecule has 0 aliphatic heterocycles. The van der Waals surface area contributed by atoms with Gasteiger partial charge < -0.3 is 9.14 Å². The zero-order chi connectivity index (χ0) is 17.2. The molecule has 0 aliphatic rings. The molecule has 3 rings (SSSR count). The Bertz CT molecular complexity index is 854. The van der Waals surface area contributed by atoms with Gasteiger partial charge in [0.1, 0.15) is 17.2 Å². The number of ketones is 1. The minimum atomic E-state index is -4.72. The number of imidazole rings is 1. The number of nitrogens with zero attached hydrogens (tertiary/aromatic N) is 2. The second-order valence-corrected chi connectivity index (χ2v) is 5.26. The lowest BCUT2D eigenvalue weighted by molar-refractivity contribution is -0.274. The van der Waals surface area contributed by atoms with E-state index in [9.17, 15) is 18.0 Å². The van der Waals surface area contributed by atoms with E-state index in [1.807, 2.05) is 22.6 Å². The third kappa shape index (κ3) is 3.92. The molecule has 0 atom stereocenters. The topological polar surface area (TPSA) is 43.6 Å². The number of rotatable bonds is 5. The molecule has 0 saturated heterocycles. The summed E-state index contributed by atoms with van der Waals surface area (Å²) in [4.78, 5) is 16.4. The quantitative estimate of drug-likeness (QED) is 0.716. The summed E-state index contributed by atoms with van der Waals surface area (Å²) in [5.74, 6) is -0.345. The highest BCUT2D eigenvalue weighted by Crippen LogP contribution is 2.23.